The lowest BCUT2D eigenvalue weighted by Gasteiger charge is -2.23. The number of thiocarbonyl (C=S) groups is 1. The van der Waals surface area contributed by atoms with E-state index in [1.807, 2.05) is 83.2 Å². The van der Waals surface area contributed by atoms with Gasteiger partial charge in [-0.1, -0.05) is 30.3 Å². The largest absolute Gasteiger partial charge is 0.361 e. The number of fused-ring (bicyclic) bond motifs is 1. The van der Waals surface area contributed by atoms with Crippen LogP contribution in [0.4, 0.5) is 11.4 Å². The molecule has 2 aromatic carbocycles. The molecule has 160 valence electrons. The van der Waals surface area contributed by atoms with Gasteiger partial charge in [0.1, 0.15) is 6.04 Å². The number of benzene rings is 2. The van der Waals surface area contributed by atoms with Crippen LogP contribution in [-0.4, -0.2) is 32.9 Å². The number of amides is 2. The van der Waals surface area contributed by atoms with E-state index in [-0.39, 0.29) is 18.2 Å². The van der Waals surface area contributed by atoms with Crippen LogP contribution < -0.4 is 10.2 Å². The first-order valence-corrected chi connectivity index (χ1v) is 11.5. The molecule has 6 nitrogen and oxygen atoms in total. The number of carbonyl (C=O) groups is 2. The fraction of sp³-hybridized carbons (Fsp3) is 0.125. The number of para-hydroxylation sites is 1. The van der Waals surface area contributed by atoms with Crippen molar-refractivity contribution >= 4 is 62.8 Å². The molecule has 4 aromatic rings. The number of nitrogens with zero attached hydrogens (tertiary/aromatic N) is 2. The third-order valence-corrected chi connectivity index (χ3v) is 6.74. The topological polar surface area (TPSA) is 68.4 Å². The van der Waals surface area contributed by atoms with Gasteiger partial charge in [-0.25, -0.2) is 0 Å². The number of hydrogen-bond donors (Lipinski definition) is 2. The van der Waals surface area contributed by atoms with Crippen molar-refractivity contribution in [3.63, 3.8) is 0 Å². The van der Waals surface area contributed by atoms with Crippen molar-refractivity contribution in [2.75, 3.05) is 10.2 Å². The van der Waals surface area contributed by atoms with Crippen LogP contribution in [-0.2, 0) is 16.1 Å². The van der Waals surface area contributed by atoms with Crippen LogP contribution in [0, 0.1) is 0 Å². The van der Waals surface area contributed by atoms with Crippen molar-refractivity contribution in [2.45, 2.75) is 19.0 Å². The van der Waals surface area contributed by atoms with Gasteiger partial charge in [-0.15, -0.1) is 11.3 Å². The molecule has 0 spiro atoms. The average molecular weight is 461 g/mol. The van der Waals surface area contributed by atoms with Crippen LogP contribution >= 0.6 is 23.6 Å². The number of aromatic nitrogens is 1. The van der Waals surface area contributed by atoms with Crippen LogP contribution in [0.1, 0.15) is 11.3 Å². The maximum atomic E-state index is 13.4. The highest BCUT2D eigenvalue weighted by Gasteiger charge is 2.44. The van der Waals surface area contributed by atoms with E-state index in [0.717, 1.165) is 15.8 Å². The monoisotopic (exact) mass is 460 g/mol. The first-order valence-electron chi connectivity index (χ1n) is 10.2. The number of carbonyl (C=O) groups excluding carboxylic acids is 2. The second-order valence-electron chi connectivity index (χ2n) is 7.55. The average Bonchev–Trinajstić information content (AvgIpc) is 3.52. The molecule has 1 unspecified atom stereocenters. The molecule has 1 aliphatic rings. The van der Waals surface area contributed by atoms with Gasteiger partial charge in [-0.05, 0) is 59.4 Å². The molecule has 1 atom stereocenters. The van der Waals surface area contributed by atoms with E-state index in [0.29, 0.717) is 23.0 Å². The zero-order valence-corrected chi connectivity index (χ0v) is 18.7. The predicted molar refractivity (Wildman–Crippen MR) is 132 cm³/mol. The van der Waals surface area contributed by atoms with Gasteiger partial charge in [0.2, 0.25) is 5.91 Å². The Kier molecular flexibility index (Phi) is 5.46. The molecule has 0 radical (unpaired) electrons. The van der Waals surface area contributed by atoms with Gasteiger partial charge in [0.05, 0.1) is 18.7 Å². The second-order valence-corrected chi connectivity index (χ2v) is 8.94. The first-order chi connectivity index (χ1) is 15.6. The quantitative estimate of drug-likeness (QED) is 0.407. The Morgan fingerprint density at radius 2 is 1.94 bits per heavy atom. The highest BCUT2D eigenvalue weighted by Crippen LogP contribution is 2.29. The minimum absolute atomic E-state index is 0.0104. The van der Waals surface area contributed by atoms with E-state index in [4.69, 9.17) is 12.2 Å². The predicted octanol–water partition coefficient (Wildman–Crippen LogP) is 4.76. The fourth-order valence-corrected chi connectivity index (χ4v) is 5.00. The molecule has 3 heterocycles. The van der Waals surface area contributed by atoms with E-state index in [1.165, 1.54) is 4.90 Å². The minimum atomic E-state index is -0.668. The lowest BCUT2D eigenvalue weighted by molar-refractivity contribution is -0.124. The number of thiophene rings is 1. The molecule has 0 aliphatic carbocycles. The SMILES string of the molecule is O=C(CC1C(=O)N(c2ccccc2)C(=S)N1Cc1cccs1)Nc1ccc2cc[nH]c2c1. The lowest BCUT2D eigenvalue weighted by Crippen LogP contribution is -2.37. The van der Waals surface area contributed by atoms with E-state index < -0.39 is 6.04 Å². The number of hydrogen-bond acceptors (Lipinski definition) is 4. The first kappa shape index (κ1) is 20.4. The summed E-state index contributed by atoms with van der Waals surface area (Å²) in [6, 6.07) is 20.3. The molecule has 1 fully saturated rings. The normalized spacial score (nSPS) is 16.2. The zero-order chi connectivity index (χ0) is 22.1. The van der Waals surface area contributed by atoms with Crippen molar-refractivity contribution < 1.29 is 9.59 Å². The molecule has 1 saturated heterocycles. The molecule has 32 heavy (non-hydrogen) atoms. The molecular weight excluding hydrogens is 440 g/mol. The Morgan fingerprint density at radius 3 is 2.72 bits per heavy atom. The Labute approximate surface area is 194 Å². The third kappa shape index (κ3) is 3.90. The van der Waals surface area contributed by atoms with Crippen molar-refractivity contribution in [2.24, 2.45) is 0 Å². The molecular formula is C24H20N4O2S2. The summed E-state index contributed by atoms with van der Waals surface area (Å²) in [5, 5.41) is 6.40. The molecule has 8 heteroatoms. The summed E-state index contributed by atoms with van der Waals surface area (Å²) in [7, 11) is 0. The van der Waals surface area contributed by atoms with E-state index >= 15 is 0 Å². The Balaban J connectivity index is 1.39. The van der Waals surface area contributed by atoms with Crippen molar-refractivity contribution in [1.82, 2.24) is 9.88 Å². The lowest BCUT2D eigenvalue weighted by atomic mass is 10.1. The maximum absolute atomic E-state index is 13.4. The second kappa shape index (κ2) is 8.57. The highest BCUT2D eigenvalue weighted by atomic mass is 32.1. The minimum Gasteiger partial charge on any atom is -0.361 e. The molecule has 2 N–H and O–H groups in total. The van der Waals surface area contributed by atoms with Gasteiger partial charge in [0.15, 0.2) is 5.11 Å². The smallest absolute Gasteiger partial charge is 0.256 e. The van der Waals surface area contributed by atoms with Crippen LogP contribution in [0.3, 0.4) is 0 Å². The Bertz CT molecular complexity index is 1280. The number of rotatable bonds is 6. The van der Waals surface area contributed by atoms with Gasteiger partial charge >= 0.3 is 0 Å². The Morgan fingerprint density at radius 1 is 1.09 bits per heavy atom. The maximum Gasteiger partial charge on any atom is 0.256 e. The molecule has 5 rings (SSSR count). The van der Waals surface area contributed by atoms with E-state index in [1.54, 1.807) is 11.3 Å². The fourth-order valence-electron chi connectivity index (χ4n) is 3.91. The van der Waals surface area contributed by atoms with Crippen LogP contribution in [0.15, 0.2) is 78.3 Å². The van der Waals surface area contributed by atoms with Crippen molar-refractivity contribution in [3.8, 4) is 0 Å². The number of anilines is 2. The summed E-state index contributed by atoms with van der Waals surface area (Å²) in [6.45, 7) is 0.484. The molecule has 1 aliphatic heterocycles. The van der Waals surface area contributed by atoms with Crippen LogP contribution in [0.2, 0.25) is 0 Å². The summed E-state index contributed by atoms with van der Waals surface area (Å²) in [4.78, 5) is 33.9. The summed E-state index contributed by atoms with van der Waals surface area (Å²) in [5.41, 5.74) is 2.33. The molecule has 2 amide bonds. The number of aromatic amines is 1. The number of H-pyrrole nitrogens is 1. The van der Waals surface area contributed by atoms with Gasteiger partial charge in [0.25, 0.3) is 5.91 Å². The standard InChI is InChI=1S/C24H20N4O2S2/c29-22(26-17-9-8-16-10-11-25-20(16)13-17)14-21-23(30)28(18-5-2-1-3-6-18)24(31)27(21)15-19-7-4-12-32-19/h1-13,21,25H,14-15H2,(H,26,29). The van der Waals surface area contributed by atoms with E-state index in [9.17, 15) is 9.59 Å². The Hall–Kier alpha value is -3.49. The highest BCUT2D eigenvalue weighted by molar-refractivity contribution is 7.80. The van der Waals surface area contributed by atoms with Crippen molar-refractivity contribution in [3.05, 3.63) is 83.2 Å². The summed E-state index contributed by atoms with van der Waals surface area (Å²) in [6.07, 6.45) is 1.87. The molecule has 2 aromatic heterocycles. The summed E-state index contributed by atoms with van der Waals surface area (Å²) < 4.78 is 0. The summed E-state index contributed by atoms with van der Waals surface area (Å²) in [5.74, 6) is -0.420. The third-order valence-electron chi connectivity index (χ3n) is 5.46. The summed E-state index contributed by atoms with van der Waals surface area (Å²) >= 11 is 7.30. The molecule has 0 saturated carbocycles. The number of nitrogens with one attached hydrogen (secondary N) is 2. The molecule has 0 bridgehead atoms. The van der Waals surface area contributed by atoms with E-state index in [2.05, 4.69) is 10.3 Å². The zero-order valence-electron chi connectivity index (χ0n) is 17.0. The van der Waals surface area contributed by atoms with Gasteiger partial charge in [-0.2, -0.15) is 0 Å². The van der Waals surface area contributed by atoms with Crippen LogP contribution in [0.25, 0.3) is 10.9 Å². The van der Waals surface area contributed by atoms with Crippen molar-refractivity contribution in [1.29, 1.82) is 0 Å². The van der Waals surface area contributed by atoms with Gasteiger partial charge < -0.3 is 15.2 Å². The van der Waals surface area contributed by atoms with Gasteiger partial charge in [0, 0.05) is 22.3 Å². The van der Waals surface area contributed by atoms with Gasteiger partial charge in [-0.3, -0.25) is 14.5 Å². The van der Waals surface area contributed by atoms with Crippen LogP contribution in [0.5, 0.6) is 0 Å².